The van der Waals surface area contributed by atoms with E-state index in [-0.39, 0.29) is 16.7 Å². The molecule has 3 heterocycles. The molecule has 1 aromatic carbocycles. The first-order chi connectivity index (χ1) is 15.8. The summed E-state index contributed by atoms with van der Waals surface area (Å²) in [5, 5.41) is 0.648. The fraction of sp³-hybridized carbons (Fsp3) is 0.417. The van der Waals surface area contributed by atoms with Crippen LogP contribution in [-0.4, -0.2) is 48.4 Å². The third-order valence-corrected chi connectivity index (χ3v) is 8.65. The first-order valence-corrected chi connectivity index (χ1v) is 13.5. The number of amides is 1. The number of sulfonamides is 1. The largest absolute Gasteiger partial charge is 0.347 e. The van der Waals surface area contributed by atoms with Crippen LogP contribution in [0.5, 0.6) is 0 Å². The van der Waals surface area contributed by atoms with Gasteiger partial charge in [-0.1, -0.05) is 37.3 Å². The molecule has 4 rings (SSSR count). The second kappa shape index (κ2) is 9.79. The first-order valence-electron chi connectivity index (χ1n) is 11.2. The number of aryl methyl sites for hydroxylation is 2. The highest BCUT2D eigenvalue weighted by Crippen LogP contribution is 2.31. The molecule has 1 fully saturated rings. The second-order valence-corrected chi connectivity index (χ2v) is 11.4. The van der Waals surface area contributed by atoms with Crippen LogP contribution in [0.1, 0.15) is 53.0 Å². The van der Waals surface area contributed by atoms with Gasteiger partial charge in [0.2, 0.25) is 10.0 Å². The van der Waals surface area contributed by atoms with Crippen molar-refractivity contribution in [2.75, 3.05) is 19.6 Å². The molecule has 0 aliphatic carbocycles. The highest BCUT2D eigenvalue weighted by molar-refractivity contribution is 7.89. The van der Waals surface area contributed by atoms with Crippen molar-refractivity contribution in [3.63, 3.8) is 0 Å². The molecule has 0 radical (unpaired) electrons. The van der Waals surface area contributed by atoms with E-state index in [0.717, 1.165) is 37.9 Å². The minimum atomic E-state index is -3.68. The molecule has 1 aliphatic rings. The molecule has 176 valence electrons. The van der Waals surface area contributed by atoms with Crippen molar-refractivity contribution in [3.8, 4) is 10.7 Å². The SMILES string of the molecule is Cc1nc(-c2cc(S(=O)(=O)NCC(C)c3ccccc3)cn2C)sc1C(=O)N1CCCCC1. The van der Waals surface area contributed by atoms with Crippen molar-refractivity contribution in [2.24, 2.45) is 7.05 Å². The summed E-state index contributed by atoms with van der Waals surface area (Å²) in [4.78, 5) is 20.3. The van der Waals surface area contributed by atoms with Crippen molar-refractivity contribution in [3.05, 3.63) is 58.7 Å². The number of thiazole rings is 1. The van der Waals surface area contributed by atoms with Crippen molar-refractivity contribution in [1.29, 1.82) is 0 Å². The Hall–Kier alpha value is -2.49. The van der Waals surface area contributed by atoms with Gasteiger partial charge in [-0.05, 0) is 43.7 Å². The Morgan fingerprint density at radius 2 is 1.88 bits per heavy atom. The molecule has 1 aliphatic heterocycles. The lowest BCUT2D eigenvalue weighted by Gasteiger charge is -2.26. The van der Waals surface area contributed by atoms with Crippen LogP contribution in [0.3, 0.4) is 0 Å². The monoisotopic (exact) mass is 486 g/mol. The smallest absolute Gasteiger partial charge is 0.265 e. The normalized spacial score (nSPS) is 15.5. The van der Waals surface area contributed by atoms with E-state index in [9.17, 15) is 13.2 Å². The molecule has 33 heavy (non-hydrogen) atoms. The van der Waals surface area contributed by atoms with E-state index in [1.54, 1.807) is 23.9 Å². The Labute approximate surface area is 199 Å². The maximum absolute atomic E-state index is 13.0. The standard InChI is InChI=1S/C24H30N4O3S2/c1-17(19-10-6-4-7-11-19)15-25-33(30,31)20-14-21(27(3)16-20)23-26-18(2)22(32-23)24(29)28-12-8-5-9-13-28/h4,6-7,10-11,14,16-17,25H,5,8-9,12-13,15H2,1-3H3. The zero-order valence-corrected chi connectivity index (χ0v) is 20.9. The van der Waals surface area contributed by atoms with Gasteiger partial charge in [0.05, 0.1) is 11.4 Å². The minimum absolute atomic E-state index is 0.0228. The number of hydrogen-bond acceptors (Lipinski definition) is 5. The predicted molar refractivity (Wildman–Crippen MR) is 131 cm³/mol. The van der Waals surface area contributed by atoms with Gasteiger partial charge in [0.15, 0.2) is 0 Å². The number of hydrogen-bond donors (Lipinski definition) is 1. The lowest BCUT2D eigenvalue weighted by Crippen LogP contribution is -2.35. The maximum Gasteiger partial charge on any atom is 0.265 e. The fourth-order valence-corrected chi connectivity index (χ4v) is 6.35. The molecule has 1 saturated heterocycles. The zero-order chi connectivity index (χ0) is 23.6. The van der Waals surface area contributed by atoms with Crippen LogP contribution >= 0.6 is 11.3 Å². The van der Waals surface area contributed by atoms with E-state index in [4.69, 9.17) is 0 Å². The van der Waals surface area contributed by atoms with Gasteiger partial charge >= 0.3 is 0 Å². The topological polar surface area (TPSA) is 84.3 Å². The van der Waals surface area contributed by atoms with Crippen LogP contribution in [-0.2, 0) is 17.1 Å². The van der Waals surface area contributed by atoms with E-state index in [0.29, 0.717) is 27.8 Å². The molecule has 9 heteroatoms. The number of nitrogens with one attached hydrogen (secondary N) is 1. The number of nitrogens with zero attached hydrogens (tertiary/aromatic N) is 3. The predicted octanol–water partition coefficient (Wildman–Crippen LogP) is 4.17. The molecule has 1 unspecified atom stereocenters. The van der Waals surface area contributed by atoms with Crippen LogP contribution in [0.4, 0.5) is 0 Å². The zero-order valence-electron chi connectivity index (χ0n) is 19.2. The molecular formula is C24H30N4O3S2. The summed E-state index contributed by atoms with van der Waals surface area (Å²) in [6.45, 7) is 5.70. The van der Waals surface area contributed by atoms with Crippen LogP contribution in [0.15, 0.2) is 47.5 Å². The molecule has 0 spiro atoms. The summed E-state index contributed by atoms with van der Waals surface area (Å²) in [7, 11) is -1.88. The Balaban J connectivity index is 1.51. The highest BCUT2D eigenvalue weighted by Gasteiger charge is 2.25. The average Bonchev–Trinajstić information content (AvgIpc) is 3.41. The second-order valence-electron chi connectivity index (χ2n) is 8.62. The Morgan fingerprint density at radius 1 is 1.18 bits per heavy atom. The Kier molecular flexibility index (Phi) is 7.02. The van der Waals surface area contributed by atoms with Gasteiger partial charge in [0.25, 0.3) is 5.91 Å². The summed E-state index contributed by atoms with van der Waals surface area (Å²) in [5.74, 6) is 0.0729. The molecule has 1 atom stereocenters. The van der Waals surface area contributed by atoms with E-state index in [1.807, 2.05) is 49.1 Å². The van der Waals surface area contributed by atoms with Crippen molar-refractivity contribution < 1.29 is 13.2 Å². The van der Waals surface area contributed by atoms with Crippen molar-refractivity contribution in [2.45, 2.75) is 43.9 Å². The maximum atomic E-state index is 13.0. The average molecular weight is 487 g/mol. The van der Waals surface area contributed by atoms with Gasteiger partial charge in [-0.15, -0.1) is 11.3 Å². The molecule has 2 aromatic heterocycles. The Morgan fingerprint density at radius 3 is 2.58 bits per heavy atom. The summed E-state index contributed by atoms with van der Waals surface area (Å²) >= 11 is 1.33. The molecule has 3 aromatic rings. The summed E-state index contributed by atoms with van der Waals surface area (Å²) in [5.41, 5.74) is 2.45. The molecule has 1 amide bonds. The summed E-state index contributed by atoms with van der Waals surface area (Å²) in [6.07, 6.45) is 4.82. The van der Waals surface area contributed by atoms with Crippen molar-refractivity contribution >= 4 is 27.3 Å². The molecule has 1 N–H and O–H groups in total. The fourth-order valence-electron chi connectivity index (χ4n) is 4.06. The number of rotatable bonds is 7. The van der Waals surface area contributed by atoms with Gasteiger partial charge in [-0.25, -0.2) is 18.1 Å². The van der Waals surface area contributed by atoms with Crippen LogP contribution in [0, 0.1) is 6.92 Å². The highest BCUT2D eigenvalue weighted by atomic mass is 32.2. The van der Waals surface area contributed by atoms with Crippen LogP contribution in [0.2, 0.25) is 0 Å². The molecule has 0 saturated carbocycles. The third kappa shape index (κ3) is 5.20. The minimum Gasteiger partial charge on any atom is -0.347 e. The van der Waals surface area contributed by atoms with Crippen LogP contribution < -0.4 is 4.72 Å². The molecule has 7 nitrogen and oxygen atoms in total. The van der Waals surface area contributed by atoms with Gasteiger partial charge in [-0.2, -0.15) is 0 Å². The lowest BCUT2D eigenvalue weighted by atomic mass is 10.0. The van der Waals surface area contributed by atoms with Gasteiger partial charge in [0, 0.05) is 32.9 Å². The number of carbonyl (C=O) groups excluding carboxylic acids is 1. The number of carbonyl (C=O) groups is 1. The quantitative estimate of drug-likeness (QED) is 0.543. The number of piperidine rings is 1. The Bertz CT molecular complexity index is 1230. The van der Waals surface area contributed by atoms with E-state index < -0.39 is 10.0 Å². The van der Waals surface area contributed by atoms with E-state index in [1.165, 1.54) is 11.3 Å². The summed E-state index contributed by atoms with van der Waals surface area (Å²) in [6, 6.07) is 11.5. The molecular weight excluding hydrogens is 456 g/mol. The number of benzene rings is 1. The van der Waals surface area contributed by atoms with E-state index >= 15 is 0 Å². The van der Waals surface area contributed by atoms with Crippen LogP contribution in [0.25, 0.3) is 10.7 Å². The summed E-state index contributed by atoms with van der Waals surface area (Å²) < 4.78 is 30.4. The van der Waals surface area contributed by atoms with Gasteiger partial charge in [-0.3, -0.25) is 4.79 Å². The lowest BCUT2D eigenvalue weighted by molar-refractivity contribution is 0.0728. The van der Waals surface area contributed by atoms with E-state index in [2.05, 4.69) is 9.71 Å². The number of likely N-dealkylation sites (tertiary alicyclic amines) is 1. The van der Waals surface area contributed by atoms with Gasteiger partial charge in [0.1, 0.15) is 14.8 Å². The van der Waals surface area contributed by atoms with Gasteiger partial charge < -0.3 is 9.47 Å². The molecule has 0 bridgehead atoms. The number of aromatic nitrogens is 2. The van der Waals surface area contributed by atoms with Crippen molar-refractivity contribution in [1.82, 2.24) is 19.2 Å². The third-order valence-electron chi connectivity index (χ3n) is 6.09. The first kappa shape index (κ1) is 23.7.